The van der Waals surface area contributed by atoms with Crippen LogP contribution < -0.4 is 30.2 Å². The molecule has 178 valence electrons. The molecule has 0 spiro atoms. The van der Waals surface area contributed by atoms with E-state index < -0.39 is 0 Å². The van der Waals surface area contributed by atoms with Crippen molar-refractivity contribution < 1.29 is 23.7 Å². The number of ether oxygens (including phenoxy) is 4. The van der Waals surface area contributed by atoms with Crippen LogP contribution in [0.25, 0.3) is 10.9 Å². The first kappa shape index (κ1) is 22.5. The average molecular weight is 486 g/mol. The highest BCUT2D eigenvalue weighted by molar-refractivity contribution is 6.34. The van der Waals surface area contributed by atoms with Crippen LogP contribution in [0.1, 0.15) is 12.8 Å². The third-order valence-corrected chi connectivity index (χ3v) is 5.96. The zero-order chi connectivity index (χ0) is 23.5. The van der Waals surface area contributed by atoms with Gasteiger partial charge in [-0.3, -0.25) is 4.79 Å². The highest BCUT2D eigenvalue weighted by Crippen LogP contribution is 2.45. The van der Waals surface area contributed by atoms with Crippen molar-refractivity contribution in [3.8, 4) is 17.2 Å². The molecule has 0 aliphatic carbocycles. The molecule has 1 fully saturated rings. The Kier molecular flexibility index (Phi) is 6.52. The quantitative estimate of drug-likeness (QED) is 0.412. The number of hydrogen-bond donors (Lipinski definition) is 3. The molecule has 2 aliphatic rings. The summed E-state index contributed by atoms with van der Waals surface area (Å²) in [6, 6.07) is 6.80. The van der Waals surface area contributed by atoms with Gasteiger partial charge in [0, 0.05) is 18.6 Å². The number of nitrogens with zero attached hydrogens (tertiary/aromatic N) is 2. The lowest BCUT2D eigenvalue weighted by Crippen LogP contribution is -2.35. The normalized spacial score (nSPS) is 16.6. The maximum absolute atomic E-state index is 12.8. The number of fused-ring (bicyclic) bond motifs is 2. The van der Waals surface area contributed by atoms with Gasteiger partial charge in [0.15, 0.2) is 11.5 Å². The largest absolute Gasteiger partial charge is 0.489 e. The summed E-state index contributed by atoms with van der Waals surface area (Å²) in [4.78, 5) is 21.6. The van der Waals surface area contributed by atoms with Crippen LogP contribution in [0, 0.1) is 0 Å². The number of methoxy groups -OCH3 is 1. The molecule has 11 heteroatoms. The van der Waals surface area contributed by atoms with Crippen LogP contribution in [0.4, 0.5) is 17.2 Å². The summed E-state index contributed by atoms with van der Waals surface area (Å²) < 4.78 is 22.0. The van der Waals surface area contributed by atoms with E-state index in [4.69, 9.17) is 30.5 Å². The van der Waals surface area contributed by atoms with Crippen molar-refractivity contribution in [2.75, 3.05) is 44.3 Å². The molecule has 2 aromatic carbocycles. The summed E-state index contributed by atoms with van der Waals surface area (Å²) in [6.45, 7) is 1.67. The first-order valence-electron chi connectivity index (χ1n) is 10.9. The van der Waals surface area contributed by atoms with E-state index in [0.717, 1.165) is 19.4 Å². The molecule has 1 atom stereocenters. The fourth-order valence-corrected chi connectivity index (χ4v) is 4.14. The predicted molar refractivity (Wildman–Crippen MR) is 127 cm³/mol. The summed E-state index contributed by atoms with van der Waals surface area (Å²) >= 11 is 6.44. The Balaban J connectivity index is 1.52. The third-order valence-electron chi connectivity index (χ3n) is 5.65. The molecule has 0 saturated carbocycles. The van der Waals surface area contributed by atoms with Gasteiger partial charge in [0.1, 0.15) is 30.2 Å². The van der Waals surface area contributed by atoms with E-state index in [9.17, 15) is 4.79 Å². The lowest BCUT2D eigenvalue weighted by Gasteiger charge is -2.17. The molecule has 1 saturated heterocycles. The van der Waals surface area contributed by atoms with Gasteiger partial charge in [0.25, 0.3) is 0 Å². The van der Waals surface area contributed by atoms with Crippen LogP contribution in [0.15, 0.2) is 30.6 Å². The van der Waals surface area contributed by atoms with E-state index in [-0.39, 0.29) is 18.7 Å². The standard InChI is InChI=1S/C23H24ClN5O5/c1-31-7-8-32-19-10-16-13(9-17(19)28-23(30)15-3-2-6-25-15)22(27-11-26-16)29-20-14(24)4-5-18-21(20)34-12-33-18/h4-5,9-11,15,25H,2-3,6-8,12H2,1H3,(H,28,30)(H,26,27,29). The molecule has 1 amide bonds. The zero-order valence-corrected chi connectivity index (χ0v) is 19.3. The Hall–Kier alpha value is -3.34. The molecule has 10 nitrogen and oxygen atoms in total. The molecule has 0 bridgehead atoms. The number of aromatic nitrogens is 2. The number of amides is 1. The van der Waals surface area contributed by atoms with Gasteiger partial charge in [-0.05, 0) is 37.6 Å². The summed E-state index contributed by atoms with van der Waals surface area (Å²) in [6.07, 6.45) is 3.19. The Labute approximate surface area is 200 Å². The number of nitrogens with one attached hydrogen (secondary N) is 3. The molecule has 1 unspecified atom stereocenters. The van der Waals surface area contributed by atoms with Crippen LogP contribution in [0.2, 0.25) is 5.02 Å². The van der Waals surface area contributed by atoms with Crippen molar-refractivity contribution in [3.63, 3.8) is 0 Å². The Morgan fingerprint density at radius 3 is 3.00 bits per heavy atom. The Morgan fingerprint density at radius 1 is 1.26 bits per heavy atom. The number of carbonyl (C=O) groups is 1. The lowest BCUT2D eigenvalue weighted by atomic mass is 10.1. The minimum atomic E-state index is -0.241. The molecular formula is C23H24ClN5O5. The van der Waals surface area contributed by atoms with Gasteiger partial charge in [-0.1, -0.05) is 11.6 Å². The van der Waals surface area contributed by atoms with Crippen LogP contribution in [-0.2, 0) is 9.53 Å². The molecule has 3 aromatic rings. The van der Waals surface area contributed by atoms with Gasteiger partial charge in [-0.15, -0.1) is 0 Å². The lowest BCUT2D eigenvalue weighted by molar-refractivity contribution is -0.117. The van der Waals surface area contributed by atoms with Gasteiger partial charge in [0.05, 0.1) is 28.9 Å². The van der Waals surface area contributed by atoms with Gasteiger partial charge in [-0.2, -0.15) is 0 Å². The van der Waals surface area contributed by atoms with Gasteiger partial charge >= 0.3 is 0 Å². The van der Waals surface area contributed by atoms with Gasteiger partial charge in [0.2, 0.25) is 12.7 Å². The van der Waals surface area contributed by atoms with E-state index >= 15 is 0 Å². The van der Waals surface area contributed by atoms with Gasteiger partial charge in [-0.25, -0.2) is 9.97 Å². The minimum absolute atomic E-state index is 0.114. The second-order valence-corrected chi connectivity index (χ2v) is 8.26. The van der Waals surface area contributed by atoms with Crippen molar-refractivity contribution in [2.45, 2.75) is 18.9 Å². The number of rotatable bonds is 8. The smallest absolute Gasteiger partial charge is 0.241 e. The van der Waals surface area contributed by atoms with Crippen LogP contribution in [-0.4, -0.2) is 55.6 Å². The molecule has 34 heavy (non-hydrogen) atoms. The third kappa shape index (κ3) is 4.52. The van der Waals surface area contributed by atoms with Crippen molar-refractivity contribution >= 4 is 45.6 Å². The average Bonchev–Trinajstić information content (AvgIpc) is 3.54. The molecule has 5 rings (SSSR count). The molecule has 2 aliphatic heterocycles. The molecular weight excluding hydrogens is 462 g/mol. The Bertz CT molecular complexity index is 1220. The molecule has 3 N–H and O–H groups in total. The molecule has 0 radical (unpaired) electrons. The van der Waals surface area contributed by atoms with Crippen LogP contribution in [0.3, 0.4) is 0 Å². The maximum Gasteiger partial charge on any atom is 0.241 e. The molecule has 3 heterocycles. The SMILES string of the molecule is COCCOc1cc2ncnc(Nc3c(Cl)ccc4c3OCO4)c2cc1NC(=O)C1CCCN1. The molecule has 1 aromatic heterocycles. The van der Waals surface area contributed by atoms with Crippen molar-refractivity contribution in [1.82, 2.24) is 15.3 Å². The van der Waals surface area contributed by atoms with Crippen molar-refractivity contribution in [3.05, 3.63) is 35.6 Å². The fourth-order valence-electron chi connectivity index (χ4n) is 3.95. The number of anilines is 3. The zero-order valence-electron chi connectivity index (χ0n) is 18.5. The van der Waals surface area contributed by atoms with Gasteiger partial charge < -0.3 is 34.9 Å². The van der Waals surface area contributed by atoms with E-state index in [1.165, 1.54) is 6.33 Å². The highest BCUT2D eigenvalue weighted by Gasteiger charge is 2.24. The first-order valence-corrected chi connectivity index (χ1v) is 11.3. The minimum Gasteiger partial charge on any atom is -0.489 e. The van der Waals surface area contributed by atoms with Crippen molar-refractivity contribution in [2.24, 2.45) is 0 Å². The van der Waals surface area contributed by atoms with E-state index in [1.54, 1.807) is 31.4 Å². The van der Waals surface area contributed by atoms with Crippen LogP contribution in [0.5, 0.6) is 17.2 Å². The maximum atomic E-state index is 12.8. The fraction of sp³-hybridized carbons (Fsp3) is 0.348. The summed E-state index contributed by atoms with van der Waals surface area (Å²) in [5, 5.41) is 10.6. The van der Waals surface area contributed by atoms with E-state index in [1.807, 2.05) is 0 Å². The Morgan fingerprint density at radius 2 is 2.18 bits per heavy atom. The monoisotopic (exact) mass is 485 g/mol. The van der Waals surface area contributed by atoms with E-state index in [2.05, 4.69) is 25.9 Å². The number of carbonyl (C=O) groups excluding carboxylic acids is 1. The van der Waals surface area contributed by atoms with E-state index in [0.29, 0.717) is 63.6 Å². The number of benzene rings is 2. The van der Waals surface area contributed by atoms with Crippen LogP contribution >= 0.6 is 11.6 Å². The second kappa shape index (κ2) is 9.88. The predicted octanol–water partition coefficient (Wildman–Crippen LogP) is 3.47. The first-order chi connectivity index (χ1) is 16.6. The number of hydrogen-bond acceptors (Lipinski definition) is 9. The summed E-state index contributed by atoms with van der Waals surface area (Å²) in [7, 11) is 1.60. The number of halogens is 1. The van der Waals surface area contributed by atoms with Crippen molar-refractivity contribution in [1.29, 1.82) is 0 Å². The second-order valence-electron chi connectivity index (χ2n) is 7.85. The topological polar surface area (TPSA) is 116 Å². The summed E-state index contributed by atoms with van der Waals surface area (Å²) in [5.74, 6) is 1.98. The summed E-state index contributed by atoms with van der Waals surface area (Å²) in [5.41, 5.74) is 1.68. The highest BCUT2D eigenvalue weighted by atomic mass is 35.5.